The van der Waals surface area contributed by atoms with Crippen LogP contribution in [0.4, 0.5) is 9.59 Å². The number of rotatable bonds is 13. The Labute approximate surface area is 300 Å². The molecule has 0 spiro atoms. The van der Waals surface area contributed by atoms with Crippen molar-refractivity contribution in [2.75, 3.05) is 0 Å². The van der Waals surface area contributed by atoms with Crippen LogP contribution in [-0.4, -0.2) is 67.6 Å². The second-order valence-electron chi connectivity index (χ2n) is 13.6. The zero-order valence-electron chi connectivity index (χ0n) is 29.1. The molecule has 0 aliphatic carbocycles. The molecule has 0 atom stereocenters. The number of piperidine rings is 2. The Morgan fingerprint density at radius 3 is 1.21 bits per heavy atom. The van der Waals surface area contributed by atoms with Crippen molar-refractivity contribution in [3.8, 4) is 0 Å². The Kier molecular flexibility index (Phi) is 11.4. The Morgan fingerprint density at radius 2 is 0.846 bits per heavy atom. The fourth-order valence-corrected chi connectivity index (χ4v) is 7.23. The highest BCUT2D eigenvalue weighted by Crippen LogP contribution is 2.30. The number of imide groups is 6. The van der Waals surface area contributed by atoms with E-state index in [-0.39, 0.29) is 38.8 Å². The number of aryl methyl sites for hydroxylation is 2. The second kappa shape index (κ2) is 16.3. The quantitative estimate of drug-likeness (QED) is 0.186. The van der Waals surface area contributed by atoms with E-state index < -0.39 is 47.6 Å². The van der Waals surface area contributed by atoms with Crippen LogP contribution in [0, 0.1) is 0 Å². The molecule has 52 heavy (non-hydrogen) atoms. The third-order valence-corrected chi connectivity index (χ3v) is 10.0. The summed E-state index contributed by atoms with van der Waals surface area (Å²) in [4.78, 5) is 111. The molecule has 4 aliphatic rings. The average molecular weight is 715 g/mol. The maximum Gasteiger partial charge on any atom is 0.448 e. The van der Waals surface area contributed by atoms with E-state index in [0.717, 1.165) is 96.6 Å². The van der Waals surface area contributed by atoms with Crippen molar-refractivity contribution >= 4 is 47.6 Å². The van der Waals surface area contributed by atoms with Crippen LogP contribution in [-0.2, 0) is 54.8 Å². The van der Waals surface area contributed by atoms with E-state index in [0.29, 0.717) is 33.8 Å². The van der Waals surface area contributed by atoms with Crippen molar-refractivity contribution in [3.05, 3.63) is 69.8 Å². The molecule has 6 rings (SSSR count). The molecular weight excluding hydrogens is 672 g/mol. The molecule has 2 saturated heterocycles. The summed E-state index contributed by atoms with van der Waals surface area (Å²) in [6.07, 6.45) is 8.66. The number of amides is 8. The first-order valence-electron chi connectivity index (χ1n) is 18.1. The van der Waals surface area contributed by atoms with Gasteiger partial charge in [-0.1, -0.05) is 62.8 Å². The van der Waals surface area contributed by atoms with Gasteiger partial charge in [-0.15, -0.1) is 0 Å². The summed E-state index contributed by atoms with van der Waals surface area (Å²) in [6, 6.07) is 10.9. The SMILES string of the molecule is O=C1c2cccc(CCCCCCCCCCc3cccc4c3CN(OC(=O)N3C(=O)CCCC3=O)C4=O)c2CN1OC(=O)N1C(=O)CCCC1=O. The molecule has 4 heterocycles. The third-order valence-electron chi connectivity index (χ3n) is 10.0. The standard InChI is InChI=1S/C38H42N4O10/c43-31-19-11-20-32(44)41(31)37(49)51-39-23-29-25(15-9-17-27(29)35(39)47)13-7-5-3-1-2-4-6-8-14-26-16-10-18-28-30(26)24-40(36(28)48)52-38(50)42-33(45)21-12-22-34(42)46/h9-10,15-18H,1-8,11-14,19-24H2. The molecule has 0 bridgehead atoms. The van der Waals surface area contributed by atoms with Crippen LogP contribution in [0.15, 0.2) is 36.4 Å². The first kappa shape index (κ1) is 36.4. The fourth-order valence-electron chi connectivity index (χ4n) is 7.23. The molecule has 0 unspecified atom stereocenters. The number of carbonyl (C=O) groups excluding carboxylic acids is 8. The van der Waals surface area contributed by atoms with Crippen molar-refractivity contribution in [2.45, 2.75) is 116 Å². The number of fused-ring (bicyclic) bond motifs is 2. The van der Waals surface area contributed by atoms with Crippen LogP contribution in [0.2, 0.25) is 0 Å². The summed E-state index contributed by atoms with van der Waals surface area (Å²) >= 11 is 0. The molecule has 0 N–H and O–H groups in total. The molecule has 2 fully saturated rings. The van der Waals surface area contributed by atoms with Gasteiger partial charge in [0.15, 0.2) is 0 Å². The molecule has 274 valence electrons. The highest BCUT2D eigenvalue weighted by molar-refractivity contribution is 6.11. The van der Waals surface area contributed by atoms with Gasteiger partial charge in [-0.2, -0.15) is 19.9 Å². The predicted molar refractivity (Wildman–Crippen MR) is 181 cm³/mol. The van der Waals surface area contributed by atoms with Crippen LogP contribution in [0.25, 0.3) is 0 Å². The summed E-state index contributed by atoms with van der Waals surface area (Å²) in [5.41, 5.74) is 4.53. The van der Waals surface area contributed by atoms with E-state index in [1.165, 1.54) is 0 Å². The molecule has 2 aromatic carbocycles. The van der Waals surface area contributed by atoms with E-state index >= 15 is 0 Å². The highest BCUT2D eigenvalue weighted by atomic mass is 16.7. The zero-order valence-corrected chi connectivity index (χ0v) is 29.1. The van der Waals surface area contributed by atoms with Crippen LogP contribution < -0.4 is 0 Å². The van der Waals surface area contributed by atoms with E-state index in [2.05, 4.69) is 0 Å². The number of nitrogens with zero attached hydrogens (tertiary/aromatic N) is 4. The number of hydrogen-bond donors (Lipinski definition) is 0. The van der Waals surface area contributed by atoms with E-state index in [9.17, 15) is 38.4 Å². The van der Waals surface area contributed by atoms with E-state index in [1.54, 1.807) is 12.1 Å². The normalized spacial score (nSPS) is 17.2. The molecule has 0 aromatic heterocycles. The molecule has 4 aliphatic heterocycles. The topological polar surface area (TPSA) is 168 Å². The molecule has 0 saturated carbocycles. The smallest absolute Gasteiger partial charge is 0.317 e. The van der Waals surface area contributed by atoms with E-state index in [4.69, 9.17) is 9.68 Å². The summed E-state index contributed by atoms with van der Waals surface area (Å²) in [5.74, 6) is -3.42. The van der Waals surface area contributed by atoms with Crippen LogP contribution in [0.1, 0.15) is 133 Å². The van der Waals surface area contributed by atoms with Gasteiger partial charge in [0.2, 0.25) is 23.6 Å². The summed E-state index contributed by atoms with van der Waals surface area (Å²) in [7, 11) is 0. The minimum Gasteiger partial charge on any atom is -0.317 e. The Hall–Kier alpha value is -5.40. The van der Waals surface area contributed by atoms with Gasteiger partial charge in [0.05, 0.1) is 13.1 Å². The summed E-state index contributed by atoms with van der Waals surface area (Å²) < 4.78 is 0. The summed E-state index contributed by atoms with van der Waals surface area (Å²) in [5, 5.41) is 1.85. The Balaban J connectivity index is 0.873. The van der Waals surface area contributed by atoms with Crippen LogP contribution >= 0.6 is 0 Å². The third kappa shape index (κ3) is 7.90. The molecule has 14 heteroatoms. The lowest BCUT2D eigenvalue weighted by atomic mass is 9.97. The van der Waals surface area contributed by atoms with Crippen molar-refractivity contribution in [1.82, 2.24) is 19.9 Å². The zero-order chi connectivity index (χ0) is 36.8. The van der Waals surface area contributed by atoms with Crippen LogP contribution in [0.3, 0.4) is 0 Å². The second-order valence-corrected chi connectivity index (χ2v) is 13.6. The van der Waals surface area contributed by atoms with Gasteiger partial charge in [-0.3, -0.25) is 28.8 Å². The van der Waals surface area contributed by atoms with Crippen molar-refractivity contribution in [3.63, 3.8) is 0 Å². The number of carbonyl (C=O) groups is 8. The number of hydrogen-bond acceptors (Lipinski definition) is 10. The molecule has 0 radical (unpaired) electrons. The van der Waals surface area contributed by atoms with Crippen LogP contribution in [0.5, 0.6) is 0 Å². The van der Waals surface area contributed by atoms with Crippen molar-refractivity contribution < 1.29 is 48.0 Å². The fraction of sp³-hybridized carbons (Fsp3) is 0.474. The largest absolute Gasteiger partial charge is 0.448 e. The lowest BCUT2D eigenvalue weighted by Gasteiger charge is -2.24. The predicted octanol–water partition coefficient (Wildman–Crippen LogP) is 5.69. The average Bonchev–Trinajstić information content (AvgIpc) is 3.61. The van der Waals surface area contributed by atoms with Crippen molar-refractivity contribution in [2.24, 2.45) is 0 Å². The lowest BCUT2D eigenvalue weighted by molar-refractivity contribution is -0.152. The minimum atomic E-state index is -1.14. The van der Waals surface area contributed by atoms with Gasteiger partial charge < -0.3 is 9.68 Å². The molecular formula is C38H42N4O10. The Bertz CT molecular complexity index is 1640. The van der Waals surface area contributed by atoms with Gasteiger partial charge >= 0.3 is 12.2 Å². The first-order chi connectivity index (χ1) is 25.1. The molecule has 14 nitrogen and oxygen atoms in total. The van der Waals surface area contributed by atoms with Gasteiger partial charge in [0.25, 0.3) is 11.8 Å². The lowest BCUT2D eigenvalue weighted by Crippen LogP contribution is -2.47. The van der Waals surface area contributed by atoms with Gasteiger partial charge in [-0.25, -0.2) is 9.59 Å². The van der Waals surface area contributed by atoms with Gasteiger partial charge in [0, 0.05) is 36.8 Å². The maximum absolute atomic E-state index is 12.9. The minimum absolute atomic E-state index is 0.0726. The Morgan fingerprint density at radius 1 is 0.500 bits per heavy atom. The molecule has 2 aromatic rings. The number of unbranched alkanes of at least 4 members (excludes halogenated alkanes) is 7. The number of hydroxylamine groups is 4. The highest BCUT2D eigenvalue weighted by Gasteiger charge is 2.39. The molecule has 8 amide bonds. The van der Waals surface area contributed by atoms with Gasteiger partial charge in [0.1, 0.15) is 0 Å². The van der Waals surface area contributed by atoms with Crippen molar-refractivity contribution in [1.29, 1.82) is 0 Å². The first-order valence-corrected chi connectivity index (χ1v) is 18.1. The van der Waals surface area contributed by atoms with E-state index in [1.807, 2.05) is 24.3 Å². The van der Waals surface area contributed by atoms with Gasteiger partial charge in [-0.05, 0) is 72.9 Å². The summed E-state index contributed by atoms with van der Waals surface area (Å²) in [6.45, 7) is 0.145. The monoisotopic (exact) mass is 714 g/mol. The number of benzene rings is 2. The maximum atomic E-state index is 12.9. The number of likely N-dealkylation sites (tertiary alicyclic amines) is 2.